The predicted octanol–water partition coefficient (Wildman–Crippen LogP) is 4.05. The van der Waals surface area contributed by atoms with Gasteiger partial charge in [0, 0.05) is 23.6 Å². The van der Waals surface area contributed by atoms with Gasteiger partial charge in [-0.2, -0.15) is 13.2 Å². The number of esters is 1. The topological polar surface area (TPSA) is 55.8 Å². The van der Waals surface area contributed by atoms with E-state index in [1.165, 1.54) is 24.1 Å². The second kappa shape index (κ2) is 6.95. The van der Waals surface area contributed by atoms with Crippen molar-refractivity contribution in [3.05, 3.63) is 70.9 Å². The van der Waals surface area contributed by atoms with E-state index >= 15 is 0 Å². The first-order valence-corrected chi connectivity index (χ1v) is 8.84. The number of ether oxygens (including phenoxy) is 2. The Bertz CT molecular complexity index is 1010. The van der Waals surface area contributed by atoms with Crippen molar-refractivity contribution in [2.75, 3.05) is 18.6 Å². The fourth-order valence-corrected chi connectivity index (χ4v) is 3.77. The monoisotopic (exact) mass is 403 g/mol. The van der Waals surface area contributed by atoms with E-state index in [0.29, 0.717) is 22.6 Å². The number of benzene rings is 2. The molecule has 0 aromatic heterocycles. The van der Waals surface area contributed by atoms with Gasteiger partial charge in [-0.3, -0.25) is 9.69 Å². The quantitative estimate of drug-likeness (QED) is 0.726. The van der Waals surface area contributed by atoms with Crippen LogP contribution < -0.4 is 9.64 Å². The lowest BCUT2D eigenvalue weighted by Gasteiger charge is -2.32. The van der Waals surface area contributed by atoms with E-state index in [4.69, 9.17) is 9.47 Å². The van der Waals surface area contributed by atoms with Crippen LogP contribution in [0.25, 0.3) is 0 Å². The van der Waals surface area contributed by atoms with Gasteiger partial charge in [0.15, 0.2) is 0 Å². The molecule has 0 N–H and O–H groups in total. The standard InChI is InChI=1S/C21H16F3NO4/c1-28-17-5-3-2-4-14(17)15-10-18(26)25(16-11-29-20(27)19(15)16)13-8-6-12(7-9-13)21(22,23)24/h2-9,15H,10-11H2,1H3. The van der Waals surface area contributed by atoms with Crippen LogP contribution in [0.15, 0.2) is 59.8 Å². The normalized spacial score (nSPS) is 19.3. The molecular weight excluding hydrogens is 387 g/mol. The summed E-state index contributed by atoms with van der Waals surface area (Å²) in [6.45, 7) is -0.118. The Balaban J connectivity index is 1.79. The van der Waals surface area contributed by atoms with Crippen molar-refractivity contribution in [2.24, 2.45) is 0 Å². The fourth-order valence-electron chi connectivity index (χ4n) is 3.77. The van der Waals surface area contributed by atoms with E-state index in [1.807, 2.05) is 0 Å². The lowest BCUT2D eigenvalue weighted by Crippen LogP contribution is -2.37. The van der Waals surface area contributed by atoms with Gasteiger partial charge in [-0.25, -0.2) is 4.79 Å². The molecule has 0 aliphatic carbocycles. The van der Waals surface area contributed by atoms with Crippen LogP contribution in [0, 0.1) is 0 Å². The van der Waals surface area contributed by atoms with Gasteiger partial charge in [0.25, 0.3) is 0 Å². The highest BCUT2D eigenvalue weighted by Crippen LogP contribution is 2.44. The summed E-state index contributed by atoms with van der Waals surface area (Å²) in [5, 5.41) is 0. The molecule has 0 bridgehead atoms. The van der Waals surface area contributed by atoms with Crippen LogP contribution in [0.3, 0.4) is 0 Å². The molecule has 0 spiro atoms. The van der Waals surface area contributed by atoms with Crippen molar-refractivity contribution in [3.8, 4) is 5.75 Å². The van der Waals surface area contributed by atoms with Crippen LogP contribution in [0.2, 0.25) is 0 Å². The predicted molar refractivity (Wildman–Crippen MR) is 97.3 cm³/mol. The summed E-state index contributed by atoms with van der Waals surface area (Å²) in [5.41, 5.74) is 0.801. The molecule has 0 saturated carbocycles. The summed E-state index contributed by atoms with van der Waals surface area (Å²) in [7, 11) is 1.50. The van der Waals surface area contributed by atoms with Gasteiger partial charge in [-0.1, -0.05) is 18.2 Å². The minimum Gasteiger partial charge on any atom is -0.496 e. The number of halogens is 3. The molecule has 4 rings (SSSR count). The lowest BCUT2D eigenvalue weighted by atomic mass is 9.83. The lowest BCUT2D eigenvalue weighted by molar-refractivity contribution is -0.138. The number of amides is 1. The molecule has 1 unspecified atom stereocenters. The van der Waals surface area contributed by atoms with E-state index in [1.54, 1.807) is 24.3 Å². The van der Waals surface area contributed by atoms with Gasteiger partial charge < -0.3 is 9.47 Å². The number of carbonyl (C=O) groups is 2. The van der Waals surface area contributed by atoms with Crippen LogP contribution >= 0.6 is 0 Å². The van der Waals surface area contributed by atoms with E-state index < -0.39 is 23.6 Å². The first-order valence-electron chi connectivity index (χ1n) is 8.84. The number of cyclic esters (lactones) is 1. The summed E-state index contributed by atoms with van der Waals surface area (Å²) in [5.74, 6) is -0.882. The summed E-state index contributed by atoms with van der Waals surface area (Å²) >= 11 is 0. The molecule has 1 amide bonds. The van der Waals surface area contributed by atoms with Crippen LogP contribution in [0.1, 0.15) is 23.5 Å². The Morgan fingerprint density at radius 1 is 1.07 bits per heavy atom. The third kappa shape index (κ3) is 3.24. The van der Waals surface area contributed by atoms with Crippen LogP contribution in [0.5, 0.6) is 5.75 Å². The summed E-state index contributed by atoms with van der Waals surface area (Å²) in [6.07, 6.45) is -4.51. The van der Waals surface area contributed by atoms with Crippen molar-refractivity contribution in [3.63, 3.8) is 0 Å². The van der Waals surface area contributed by atoms with E-state index in [-0.39, 0.29) is 24.6 Å². The smallest absolute Gasteiger partial charge is 0.416 e. The summed E-state index contributed by atoms with van der Waals surface area (Å²) < 4.78 is 49.1. The van der Waals surface area contributed by atoms with E-state index in [2.05, 4.69) is 0 Å². The van der Waals surface area contributed by atoms with Crippen molar-refractivity contribution in [2.45, 2.75) is 18.5 Å². The molecule has 2 aromatic rings. The first kappa shape index (κ1) is 19.0. The zero-order valence-electron chi connectivity index (χ0n) is 15.3. The van der Waals surface area contributed by atoms with Gasteiger partial charge >= 0.3 is 12.1 Å². The van der Waals surface area contributed by atoms with Crippen molar-refractivity contribution < 1.29 is 32.2 Å². The summed E-state index contributed by atoms with van der Waals surface area (Å²) in [4.78, 5) is 26.7. The molecule has 29 heavy (non-hydrogen) atoms. The molecule has 5 nitrogen and oxygen atoms in total. The van der Waals surface area contributed by atoms with E-state index in [0.717, 1.165) is 12.1 Å². The highest BCUT2D eigenvalue weighted by atomic mass is 19.4. The minimum absolute atomic E-state index is 0.0324. The maximum absolute atomic E-state index is 13.0. The minimum atomic E-state index is -4.48. The molecule has 2 heterocycles. The highest BCUT2D eigenvalue weighted by Gasteiger charge is 2.44. The SMILES string of the molecule is COc1ccccc1C1CC(=O)N(c2ccc(C(F)(F)F)cc2)C2=C1C(=O)OC2. The maximum atomic E-state index is 13.0. The number of alkyl halides is 3. The zero-order chi connectivity index (χ0) is 20.8. The number of para-hydroxylation sites is 1. The number of anilines is 1. The van der Waals surface area contributed by atoms with Gasteiger partial charge in [-0.15, -0.1) is 0 Å². The molecular formula is C21H16F3NO4. The van der Waals surface area contributed by atoms with Crippen LogP contribution in [0.4, 0.5) is 18.9 Å². The molecule has 2 aromatic carbocycles. The largest absolute Gasteiger partial charge is 0.496 e. The van der Waals surface area contributed by atoms with Crippen molar-refractivity contribution in [1.82, 2.24) is 0 Å². The van der Waals surface area contributed by atoms with Gasteiger partial charge in [0.05, 0.1) is 23.9 Å². The number of hydrogen-bond donors (Lipinski definition) is 0. The van der Waals surface area contributed by atoms with Gasteiger partial charge in [0.2, 0.25) is 5.91 Å². The number of hydrogen-bond acceptors (Lipinski definition) is 4. The summed E-state index contributed by atoms with van der Waals surface area (Å²) in [6, 6.07) is 11.3. The zero-order valence-corrected chi connectivity index (χ0v) is 15.3. The van der Waals surface area contributed by atoms with Crippen molar-refractivity contribution >= 4 is 17.6 Å². The average Bonchev–Trinajstić information content (AvgIpc) is 3.08. The molecule has 0 radical (unpaired) electrons. The number of methoxy groups -OCH3 is 1. The molecule has 0 fully saturated rings. The second-order valence-electron chi connectivity index (χ2n) is 6.71. The average molecular weight is 403 g/mol. The first-order chi connectivity index (χ1) is 13.8. The van der Waals surface area contributed by atoms with Crippen molar-refractivity contribution in [1.29, 1.82) is 0 Å². The number of carbonyl (C=O) groups excluding carboxylic acids is 2. The Labute approximate surface area is 164 Å². The molecule has 2 aliphatic rings. The Kier molecular flexibility index (Phi) is 4.56. The molecule has 0 saturated heterocycles. The van der Waals surface area contributed by atoms with Crippen LogP contribution in [-0.4, -0.2) is 25.6 Å². The third-order valence-corrected chi connectivity index (χ3v) is 5.08. The van der Waals surface area contributed by atoms with Gasteiger partial charge in [0.1, 0.15) is 12.4 Å². The fraction of sp³-hybridized carbons (Fsp3) is 0.238. The Hall–Kier alpha value is -3.29. The number of nitrogens with zero attached hydrogens (tertiary/aromatic N) is 1. The Morgan fingerprint density at radius 2 is 1.76 bits per heavy atom. The Morgan fingerprint density at radius 3 is 2.41 bits per heavy atom. The van der Waals surface area contributed by atoms with E-state index in [9.17, 15) is 22.8 Å². The van der Waals surface area contributed by atoms with Gasteiger partial charge in [-0.05, 0) is 30.3 Å². The third-order valence-electron chi connectivity index (χ3n) is 5.08. The molecule has 150 valence electrons. The maximum Gasteiger partial charge on any atom is 0.416 e. The second-order valence-corrected chi connectivity index (χ2v) is 6.71. The highest BCUT2D eigenvalue weighted by molar-refractivity contribution is 6.06. The molecule has 8 heteroatoms. The number of rotatable bonds is 3. The molecule has 1 atom stereocenters. The van der Waals surface area contributed by atoms with Crippen LogP contribution in [-0.2, 0) is 20.5 Å². The molecule has 2 aliphatic heterocycles.